The summed E-state index contributed by atoms with van der Waals surface area (Å²) in [5.74, 6) is -1.02. The number of nitrogen functional groups attached to an aromatic ring is 1. The van der Waals surface area contributed by atoms with Crippen molar-refractivity contribution in [2.45, 2.75) is 37.9 Å². The first-order valence-electron chi connectivity index (χ1n) is 10.6. The Hall–Kier alpha value is -3.70. The Morgan fingerprint density at radius 1 is 1.16 bits per heavy atom. The first-order valence-corrected chi connectivity index (χ1v) is 10.6. The van der Waals surface area contributed by atoms with Gasteiger partial charge in [-0.2, -0.15) is 5.26 Å². The zero-order valence-corrected chi connectivity index (χ0v) is 17.8. The smallest absolute Gasteiger partial charge is 0.243 e. The van der Waals surface area contributed by atoms with Gasteiger partial charge >= 0.3 is 0 Å². The third-order valence-electron chi connectivity index (χ3n) is 5.71. The van der Waals surface area contributed by atoms with Gasteiger partial charge < -0.3 is 21.7 Å². The minimum absolute atomic E-state index is 0.0214. The summed E-state index contributed by atoms with van der Waals surface area (Å²) in [5.41, 5.74) is 14.2. The van der Waals surface area contributed by atoms with Crippen LogP contribution < -0.4 is 16.8 Å². The van der Waals surface area contributed by atoms with Crippen LogP contribution in [0.2, 0.25) is 0 Å². The van der Waals surface area contributed by atoms with Crippen LogP contribution in [0.3, 0.4) is 0 Å². The molecule has 8 nitrogen and oxygen atoms in total. The molecule has 8 heteroatoms. The third kappa shape index (κ3) is 5.71. The third-order valence-corrected chi connectivity index (χ3v) is 5.71. The fourth-order valence-electron chi connectivity index (χ4n) is 3.83. The molecule has 0 bridgehead atoms. The Balaban J connectivity index is 1.60. The highest BCUT2D eigenvalue weighted by Crippen LogP contribution is 2.24. The van der Waals surface area contributed by atoms with Crippen molar-refractivity contribution in [1.82, 2.24) is 10.2 Å². The Morgan fingerprint density at radius 2 is 1.84 bits per heavy atom. The molecule has 0 spiro atoms. The normalized spacial score (nSPS) is 18.6. The minimum Gasteiger partial charge on any atom is -0.384 e. The molecule has 1 aliphatic rings. The van der Waals surface area contributed by atoms with Gasteiger partial charge in [0, 0.05) is 18.7 Å². The van der Waals surface area contributed by atoms with Gasteiger partial charge in [0.1, 0.15) is 11.9 Å². The summed E-state index contributed by atoms with van der Waals surface area (Å²) in [6.07, 6.45) is 1.42. The van der Waals surface area contributed by atoms with E-state index in [2.05, 4.69) is 11.4 Å². The summed E-state index contributed by atoms with van der Waals surface area (Å²) in [6.45, 7) is 0.479. The van der Waals surface area contributed by atoms with Gasteiger partial charge in [-0.1, -0.05) is 54.6 Å². The zero-order valence-electron chi connectivity index (χ0n) is 17.8. The first kappa shape index (κ1) is 23.0. The minimum atomic E-state index is -0.734. The number of hydrogen-bond acceptors (Lipinski definition) is 5. The summed E-state index contributed by atoms with van der Waals surface area (Å²) < 4.78 is 0. The molecule has 3 rings (SSSR count). The van der Waals surface area contributed by atoms with Gasteiger partial charge in [-0.05, 0) is 30.4 Å². The molecule has 6 N–H and O–H groups in total. The summed E-state index contributed by atoms with van der Waals surface area (Å²) in [7, 11) is 0. The number of rotatable bonds is 8. The maximum atomic E-state index is 13.0. The number of benzene rings is 2. The Kier molecular flexibility index (Phi) is 7.58. The van der Waals surface area contributed by atoms with Crippen LogP contribution in [0.15, 0.2) is 54.6 Å². The first-order chi connectivity index (χ1) is 15.4. The van der Waals surface area contributed by atoms with E-state index in [1.54, 1.807) is 24.3 Å². The molecule has 3 atom stereocenters. The van der Waals surface area contributed by atoms with Gasteiger partial charge in [0.2, 0.25) is 11.8 Å². The molecule has 2 amide bonds. The van der Waals surface area contributed by atoms with Crippen LogP contribution in [-0.4, -0.2) is 41.2 Å². The lowest BCUT2D eigenvalue weighted by atomic mass is 10.0. The van der Waals surface area contributed by atoms with Crippen LogP contribution in [0.4, 0.5) is 0 Å². The van der Waals surface area contributed by atoms with Gasteiger partial charge in [0.25, 0.3) is 0 Å². The molecule has 166 valence electrons. The van der Waals surface area contributed by atoms with Crippen LogP contribution in [0.5, 0.6) is 0 Å². The van der Waals surface area contributed by atoms with Gasteiger partial charge in [-0.3, -0.25) is 15.0 Å². The largest absolute Gasteiger partial charge is 0.384 e. The van der Waals surface area contributed by atoms with Gasteiger partial charge in [-0.25, -0.2) is 0 Å². The fraction of sp³-hybridized carbons (Fsp3) is 0.333. The highest BCUT2D eigenvalue weighted by molar-refractivity contribution is 5.95. The quantitative estimate of drug-likeness (QED) is 0.366. The second-order valence-electron chi connectivity index (χ2n) is 8.03. The summed E-state index contributed by atoms with van der Waals surface area (Å²) in [5, 5.41) is 19.6. The zero-order chi connectivity index (χ0) is 23.1. The van der Waals surface area contributed by atoms with E-state index >= 15 is 0 Å². The summed E-state index contributed by atoms with van der Waals surface area (Å²) >= 11 is 0. The molecule has 1 aliphatic heterocycles. The van der Waals surface area contributed by atoms with Crippen LogP contribution >= 0.6 is 0 Å². The standard InChI is InChI=1S/C24H28N6O2/c25-13-18-12-21(23(31)29-14-17-6-9-19(10-7-17)22(27)28)30(15-18)24(32)20(26)11-8-16-4-2-1-3-5-16/h1-7,9-10,18,20-21H,8,11-12,14-15,26H2,(H3,27,28)(H,29,31)/t18-,20+,21-/m0/s1. The molecule has 0 unspecified atom stereocenters. The van der Waals surface area contributed by atoms with E-state index in [4.69, 9.17) is 16.9 Å². The maximum Gasteiger partial charge on any atom is 0.243 e. The number of likely N-dealkylation sites (tertiary alicyclic amines) is 1. The lowest BCUT2D eigenvalue weighted by Crippen LogP contribution is -2.51. The van der Waals surface area contributed by atoms with Crippen molar-refractivity contribution < 1.29 is 9.59 Å². The average Bonchev–Trinajstić information content (AvgIpc) is 3.26. The molecule has 0 aromatic heterocycles. The number of carbonyl (C=O) groups excluding carboxylic acids is 2. The van der Waals surface area contributed by atoms with Crippen LogP contribution in [0, 0.1) is 22.7 Å². The highest BCUT2D eigenvalue weighted by atomic mass is 16.2. The number of amidine groups is 1. The van der Waals surface area contributed by atoms with E-state index in [9.17, 15) is 14.9 Å². The van der Waals surface area contributed by atoms with Gasteiger partial charge in [0.05, 0.1) is 18.0 Å². The van der Waals surface area contributed by atoms with Crippen molar-refractivity contribution >= 4 is 17.6 Å². The molecular weight excluding hydrogens is 404 g/mol. The van der Waals surface area contributed by atoms with Crippen molar-refractivity contribution in [3.63, 3.8) is 0 Å². The lowest BCUT2D eigenvalue weighted by Gasteiger charge is -2.26. The maximum absolute atomic E-state index is 13.0. The number of aryl methyl sites for hydroxylation is 1. The predicted molar refractivity (Wildman–Crippen MR) is 121 cm³/mol. The topological polar surface area (TPSA) is 149 Å². The number of amides is 2. The molecule has 1 heterocycles. The van der Waals surface area contributed by atoms with E-state index in [1.807, 2.05) is 30.3 Å². The van der Waals surface area contributed by atoms with Crippen LogP contribution in [0.1, 0.15) is 29.5 Å². The molecule has 1 saturated heterocycles. The average molecular weight is 433 g/mol. The second kappa shape index (κ2) is 10.6. The van der Waals surface area contributed by atoms with Crippen LogP contribution in [0.25, 0.3) is 0 Å². The molecule has 1 fully saturated rings. The molecule has 0 aliphatic carbocycles. The second-order valence-corrected chi connectivity index (χ2v) is 8.03. The Bertz CT molecular complexity index is 999. The lowest BCUT2D eigenvalue weighted by molar-refractivity contribution is -0.139. The Labute approximate surface area is 187 Å². The molecular formula is C24H28N6O2. The van der Waals surface area contributed by atoms with E-state index in [0.717, 1.165) is 11.1 Å². The van der Waals surface area contributed by atoms with E-state index in [1.165, 1.54) is 4.90 Å². The number of nitrogens with one attached hydrogen (secondary N) is 2. The predicted octanol–water partition coefficient (Wildman–Crippen LogP) is 1.29. The molecule has 0 radical (unpaired) electrons. The monoisotopic (exact) mass is 432 g/mol. The Morgan fingerprint density at radius 3 is 2.47 bits per heavy atom. The van der Waals surface area contributed by atoms with Crippen molar-refractivity contribution in [3.05, 3.63) is 71.3 Å². The molecule has 2 aromatic rings. The highest BCUT2D eigenvalue weighted by Gasteiger charge is 2.40. The number of nitrogens with two attached hydrogens (primary N) is 2. The summed E-state index contributed by atoms with van der Waals surface area (Å²) in [4.78, 5) is 27.3. The molecule has 0 saturated carbocycles. The summed E-state index contributed by atoms with van der Waals surface area (Å²) in [6, 6.07) is 17.5. The van der Waals surface area contributed by atoms with E-state index in [0.29, 0.717) is 24.8 Å². The number of hydrogen-bond donors (Lipinski definition) is 4. The molecule has 32 heavy (non-hydrogen) atoms. The number of nitriles is 1. The fourth-order valence-corrected chi connectivity index (χ4v) is 3.83. The van der Waals surface area contributed by atoms with E-state index in [-0.39, 0.29) is 30.7 Å². The van der Waals surface area contributed by atoms with Crippen molar-refractivity contribution in [1.29, 1.82) is 10.7 Å². The SMILES string of the molecule is N#C[C@@H]1C[C@@H](C(=O)NCc2ccc(C(=N)N)cc2)N(C(=O)[C@H](N)CCc2ccccc2)C1. The van der Waals surface area contributed by atoms with E-state index < -0.39 is 18.0 Å². The van der Waals surface area contributed by atoms with Crippen molar-refractivity contribution in [2.75, 3.05) is 6.54 Å². The van der Waals surface area contributed by atoms with Crippen LogP contribution in [-0.2, 0) is 22.6 Å². The van der Waals surface area contributed by atoms with Gasteiger partial charge in [-0.15, -0.1) is 0 Å². The number of nitrogens with zero attached hydrogens (tertiary/aromatic N) is 2. The van der Waals surface area contributed by atoms with Crippen molar-refractivity contribution in [3.8, 4) is 6.07 Å². The van der Waals surface area contributed by atoms with Crippen molar-refractivity contribution in [2.24, 2.45) is 17.4 Å². The number of carbonyl (C=O) groups is 2. The molecule has 2 aromatic carbocycles. The van der Waals surface area contributed by atoms with Gasteiger partial charge in [0.15, 0.2) is 0 Å².